The number of rotatable bonds is 7. The molecule has 0 radical (unpaired) electrons. The van der Waals surface area contributed by atoms with Crippen LogP contribution in [-0.2, 0) is 23.5 Å². The molecular formula is C21H21BrN4O4S. The molecule has 1 aliphatic heterocycles. The molecule has 2 N–H and O–H groups in total. The van der Waals surface area contributed by atoms with Crippen LogP contribution in [0.25, 0.3) is 0 Å². The molecule has 0 saturated carbocycles. The number of carbonyl (C=O) groups is 1. The Morgan fingerprint density at radius 1 is 1.29 bits per heavy atom. The van der Waals surface area contributed by atoms with Gasteiger partial charge in [-0.3, -0.25) is 9.48 Å². The number of nitrogens with one attached hydrogen (secondary N) is 2. The number of sulfonamides is 1. The summed E-state index contributed by atoms with van der Waals surface area (Å²) in [6.07, 6.45) is 3.44. The van der Waals surface area contributed by atoms with E-state index in [-0.39, 0.29) is 17.3 Å². The summed E-state index contributed by atoms with van der Waals surface area (Å²) in [6.45, 7) is 0.573. The third-order valence-electron chi connectivity index (χ3n) is 4.98. The summed E-state index contributed by atoms with van der Waals surface area (Å²) in [5, 5.41) is 6.85. The van der Waals surface area contributed by atoms with Crippen molar-refractivity contribution < 1.29 is 17.9 Å². The van der Waals surface area contributed by atoms with Crippen molar-refractivity contribution >= 4 is 31.9 Å². The fourth-order valence-corrected chi connectivity index (χ4v) is 5.03. The average Bonchev–Trinajstić information content (AvgIpc) is 3.41. The second kappa shape index (κ2) is 8.81. The highest BCUT2D eigenvalue weighted by atomic mass is 79.9. The van der Waals surface area contributed by atoms with Gasteiger partial charge in [0, 0.05) is 31.8 Å². The molecular weight excluding hydrogens is 484 g/mol. The van der Waals surface area contributed by atoms with Gasteiger partial charge >= 0.3 is 0 Å². The van der Waals surface area contributed by atoms with E-state index in [9.17, 15) is 13.2 Å². The maximum absolute atomic E-state index is 13.0. The molecule has 162 valence electrons. The summed E-state index contributed by atoms with van der Waals surface area (Å²) in [4.78, 5) is 13.1. The molecule has 1 aromatic heterocycles. The van der Waals surface area contributed by atoms with E-state index in [4.69, 9.17) is 4.74 Å². The van der Waals surface area contributed by atoms with Crippen molar-refractivity contribution in [1.29, 1.82) is 0 Å². The first-order valence-corrected chi connectivity index (χ1v) is 11.9. The van der Waals surface area contributed by atoms with E-state index in [0.717, 1.165) is 27.8 Å². The molecule has 10 heteroatoms. The van der Waals surface area contributed by atoms with Crippen molar-refractivity contribution in [2.24, 2.45) is 7.05 Å². The largest absolute Gasteiger partial charge is 0.492 e. The van der Waals surface area contributed by atoms with E-state index in [2.05, 4.69) is 31.1 Å². The summed E-state index contributed by atoms with van der Waals surface area (Å²) in [7, 11) is -2.12. The molecule has 0 bridgehead atoms. The van der Waals surface area contributed by atoms with Crippen LogP contribution >= 0.6 is 15.9 Å². The van der Waals surface area contributed by atoms with Crippen LogP contribution < -0.4 is 14.8 Å². The zero-order chi connectivity index (χ0) is 22.0. The Morgan fingerprint density at radius 2 is 2.06 bits per heavy atom. The standard InChI is InChI=1S/C21H21BrN4O4S/c1-26-13-17(11-23-26)31(28,29)24-12-19(14-5-3-2-4-6-14)25-21(27)16-9-15-7-8-30-20(15)18(22)10-16/h2-6,9-11,13,19,24H,7-8,12H2,1H3,(H,25,27). The second-order valence-electron chi connectivity index (χ2n) is 7.18. The fourth-order valence-electron chi connectivity index (χ4n) is 3.38. The molecule has 3 aromatic rings. The molecule has 1 aliphatic rings. The first-order chi connectivity index (χ1) is 14.8. The number of aryl methyl sites for hydroxylation is 1. The van der Waals surface area contributed by atoms with Crippen LogP contribution in [0.3, 0.4) is 0 Å². The van der Waals surface area contributed by atoms with E-state index in [1.54, 1.807) is 13.1 Å². The minimum absolute atomic E-state index is 0.0117. The molecule has 0 spiro atoms. The fraction of sp³-hybridized carbons (Fsp3) is 0.238. The number of amides is 1. The van der Waals surface area contributed by atoms with Gasteiger partial charge in [-0.25, -0.2) is 13.1 Å². The summed E-state index contributed by atoms with van der Waals surface area (Å²) >= 11 is 3.46. The summed E-state index contributed by atoms with van der Waals surface area (Å²) in [5.74, 6) is 0.463. The topological polar surface area (TPSA) is 102 Å². The number of aromatic nitrogens is 2. The van der Waals surface area contributed by atoms with Crippen LogP contribution in [-0.4, -0.2) is 37.3 Å². The van der Waals surface area contributed by atoms with Gasteiger partial charge in [0.25, 0.3) is 5.91 Å². The quantitative estimate of drug-likeness (QED) is 0.514. The lowest BCUT2D eigenvalue weighted by molar-refractivity contribution is 0.0937. The van der Waals surface area contributed by atoms with Gasteiger partial charge in [0.2, 0.25) is 10.0 Å². The van der Waals surface area contributed by atoms with Crippen molar-refractivity contribution in [1.82, 2.24) is 19.8 Å². The molecule has 0 fully saturated rings. The minimum Gasteiger partial charge on any atom is -0.492 e. The Hall–Kier alpha value is -2.69. The number of halogens is 1. The number of hydrogen-bond donors (Lipinski definition) is 2. The molecule has 1 amide bonds. The molecule has 0 saturated heterocycles. The van der Waals surface area contributed by atoms with Gasteiger partial charge < -0.3 is 10.1 Å². The number of benzene rings is 2. The van der Waals surface area contributed by atoms with Crippen LogP contribution in [0.2, 0.25) is 0 Å². The molecule has 1 unspecified atom stereocenters. The lowest BCUT2D eigenvalue weighted by atomic mass is 10.0. The first kappa shape index (κ1) is 21.5. The number of nitrogens with zero attached hydrogens (tertiary/aromatic N) is 2. The average molecular weight is 505 g/mol. The van der Waals surface area contributed by atoms with Gasteiger partial charge in [-0.05, 0) is 39.2 Å². The number of fused-ring (bicyclic) bond motifs is 1. The Morgan fingerprint density at radius 3 is 2.77 bits per heavy atom. The van der Waals surface area contributed by atoms with E-state index >= 15 is 0 Å². The highest BCUT2D eigenvalue weighted by molar-refractivity contribution is 9.10. The Labute approximate surface area is 188 Å². The smallest absolute Gasteiger partial charge is 0.251 e. The Bertz CT molecular complexity index is 1210. The molecule has 2 heterocycles. The van der Waals surface area contributed by atoms with E-state index < -0.39 is 16.1 Å². The predicted octanol–water partition coefficient (Wildman–Crippen LogP) is 2.57. The van der Waals surface area contributed by atoms with E-state index in [1.165, 1.54) is 17.1 Å². The molecule has 4 rings (SSSR count). The molecule has 0 aliphatic carbocycles. The van der Waals surface area contributed by atoms with Crippen molar-refractivity contribution in [3.05, 3.63) is 76.0 Å². The Balaban J connectivity index is 1.55. The zero-order valence-corrected chi connectivity index (χ0v) is 19.1. The van der Waals surface area contributed by atoms with Crippen LogP contribution in [0.4, 0.5) is 0 Å². The third-order valence-corrected chi connectivity index (χ3v) is 6.94. The monoisotopic (exact) mass is 504 g/mol. The highest BCUT2D eigenvalue weighted by Gasteiger charge is 2.23. The van der Waals surface area contributed by atoms with Gasteiger partial charge in [-0.2, -0.15) is 5.10 Å². The third kappa shape index (κ3) is 4.81. The second-order valence-corrected chi connectivity index (χ2v) is 9.80. The number of hydrogen-bond acceptors (Lipinski definition) is 5. The lowest BCUT2D eigenvalue weighted by Crippen LogP contribution is -2.37. The maximum atomic E-state index is 13.0. The van der Waals surface area contributed by atoms with Gasteiger partial charge in [0.05, 0.1) is 23.3 Å². The summed E-state index contributed by atoms with van der Waals surface area (Å²) in [5.41, 5.74) is 2.23. The van der Waals surface area contributed by atoms with Crippen LogP contribution in [0, 0.1) is 0 Å². The Kier molecular flexibility index (Phi) is 6.12. The normalized spacial score (nSPS) is 14.0. The van der Waals surface area contributed by atoms with E-state index in [1.807, 2.05) is 36.4 Å². The maximum Gasteiger partial charge on any atom is 0.251 e. The summed E-state index contributed by atoms with van der Waals surface area (Å²) in [6, 6.07) is 12.2. The van der Waals surface area contributed by atoms with Gasteiger partial charge in [0.15, 0.2) is 0 Å². The SMILES string of the molecule is Cn1cc(S(=O)(=O)NCC(NC(=O)c2cc(Br)c3c(c2)CCO3)c2ccccc2)cn1. The van der Waals surface area contributed by atoms with E-state index in [0.29, 0.717) is 12.2 Å². The first-order valence-electron chi connectivity index (χ1n) is 9.63. The van der Waals surface area contributed by atoms with Gasteiger partial charge in [0.1, 0.15) is 10.6 Å². The van der Waals surface area contributed by atoms with Crippen molar-refractivity contribution in [2.45, 2.75) is 17.4 Å². The molecule has 8 nitrogen and oxygen atoms in total. The lowest BCUT2D eigenvalue weighted by Gasteiger charge is -2.20. The van der Waals surface area contributed by atoms with Crippen LogP contribution in [0.5, 0.6) is 5.75 Å². The van der Waals surface area contributed by atoms with Crippen LogP contribution in [0.1, 0.15) is 27.5 Å². The molecule has 2 aromatic carbocycles. The highest BCUT2D eigenvalue weighted by Crippen LogP contribution is 2.35. The number of carbonyl (C=O) groups excluding carboxylic acids is 1. The molecule has 1 atom stereocenters. The van der Waals surface area contributed by atoms with Crippen molar-refractivity contribution in [2.75, 3.05) is 13.2 Å². The predicted molar refractivity (Wildman–Crippen MR) is 118 cm³/mol. The van der Waals surface area contributed by atoms with Crippen molar-refractivity contribution in [3.8, 4) is 5.75 Å². The molecule has 31 heavy (non-hydrogen) atoms. The van der Waals surface area contributed by atoms with Crippen LogP contribution in [0.15, 0.2) is 64.2 Å². The van der Waals surface area contributed by atoms with Gasteiger partial charge in [-0.1, -0.05) is 30.3 Å². The zero-order valence-electron chi connectivity index (χ0n) is 16.7. The minimum atomic E-state index is -3.77. The van der Waals surface area contributed by atoms with Gasteiger partial charge in [-0.15, -0.1) is 0 Å². The van der Waals surface area contributed by atoms with Crippen molar-refractivity contribution in [3.63, 3.8) is 0 Å². The number of ether oxygens (including phenoxy) is 1. The summed E-state index contributed by atoms with van der Waals surface area (Å²) < 4.78 is 35.5.